The molecule has 0 amide bonds. The fourth-order valence-electron chi connectivity index (χ4n) is 2.21. The number of rotatable bonds is 5. The molecular formula is C14H21FN2O2. The van der Waals surface area contributed by atoms with Crippen LogP contribution < -0.4 is 10.5 Å². The van der Waals surface area contributed by atoms with Crippen LogP contribution in [0.1, 0.15) is 12.8 Å². The van der Waals surface area contributed by atoms with Gasteiger partial charge in [0.15, 0.2) is 0 Å². The zero-order chi connectivity index (χ0) is 13.7. The zero-order valence-corrected chi connectivity index (χ0v) is 11.0. The number of aliphatic hydroxyl groups is 1. The second-order valence-electron chi connectivity index (χ2n) is 5.06. The minimum atomic E-state index is -0.542. The fraction of sp³-hybridized carbons (Fsp3) is 0.571. The summed E-state index contributed by atoms with van der Waals surface area (Å²) in [5.74, 6) is 0.277. The van der Waals surface area contributed by atoms with Gasteiger partial charge >= 0.3 is 0 Å². The molecule has 5 heteroatoms. The Balaban J connectivity index is 1.69. The van der Waals surface area contributed by atoms with Crippen LogP contribution in [0, 0.1) is 5.82 Å². The minimum Gasteiger partial charge on any atom is -0.491 e. The number of hydrogen-bond acceptors (Lipinski definition) is 4. The third-order valence-corrected chi connectivity index (χ3v) is 3.36. The molecule has 1 fully saturated rings. The lowest BCUT2D eigenvalue weighted by Crippen LogP contribution is -2.44. The fourth-order valence-corrected chi connectivity index (χ4v) is 2.21. The highest BCUT2D eigenvalue weighted by Crippen LogP contribution is 2.12. The number of β-amino-alcohol motifs (C(OH)–C–C–N with tert-alkyl or cyclic N) is 1. The first-order valence-electron chi connectivity index (χ1n) is 6.68. The molecule has 0 aromatic heterocycles. The maximum atomic E-state index is 12.7. The van der Waals surface area contributed by atoms with Crippen molar-refractivity contribution in [1.29, 1.82) is 0 Å². The molecule has 1 saturated heterocycles. The van der Waals surface area contributed by atoms with Crippen molar-refractivity contribution in [3.63, 3.8) is 0 Å². The average molecular weight is 268 g/mol. The van der Waals surface area contributed by atoms with Crippen molar-refractivity contribution in [1.82, 2.24) is 4.90 Å². The molecule has 1 heterocycles. The van der Waals surface area contributed by atoms with Gasteiger partial charge in [0, 0.05) is 12.6 Å². The van der Waals surface area contributed by atoms with Crippen LogP contribution in [0.15, 0.2) is 24.3 Å². The van der Waals surface area contributed by atoms with Gasteiger partial charge in [-0.3, -0.25) is 0 Å². The summed E-state index contributed by atoms with van der Waals surface area (Å²) in [6.07, 6.45) is 1.41. The Hall–Kier alpha value is -1.17. The zero-order valence-electron chi connectivity index (χ0n) is 11.0. The molecule has 3 N–H and O–H groups in total. The van der Waals surface area contributed by atoms with Crippen LogP contribution in [0.25, 0.3) is 0 Å². The van der Waals surface area contributed by atoms with Gasteiger partial charge in [-0.05, 0) is 50.2 Å². The normalized spacial score (nSPS) is 19.3. The highest BCUT2D eigenvalue weighted by atomic mass is 19.1. The van der Waals surface area contributed by atoms with E-state index in [2.05, 4.69) is 4.90 Å². The Kier molecular flexibility index (Phi) is 5.13. The van der Waals surface area contributed by atoms with Crippen LogP contribution in [-0.4, -0.2) is 48.4 Å². The number of hydrogen-bond donors (Lipinski definition) is 2. The van der Waals surface area contributed by atoms with Crippen molar-refractivity contribution in [2.45, 2.75) is 25.0 Å². The third-order valence-electron chi connectivity index (χ3n) is 3.36. The molecule has 1 aromatic rings. The van der Waals surface area contributed by atoms with Crippen molar-refractivity contribution in [2.24, 2.45) is 5.73 Å². The number of piperidine rings is 1. The first-order valence-corrected chi connectivity index (χ1v) is 6.68. The van der Waals surface area contributed by atoms with E-state index in [0.717, 1.165) is 25.9 Å². The smallest absolute Gasteiger partial charge is 0.123 e. The van der Waals surface area contributed by atoms with Crippen molar-refractivity contribution in [3.8, 4) is 5.75 Å². The van der Waals surface area contributed by atoms with Crippen LogP contribution in [0.5, 0.6) is 5.75 Å². The molecule has 0 spiro atoms. The largest absolute Gasteiger partial charge is 0.491 e. The molecule has 19 heavy (non-hydrogen) atoms. The van der Waals surface area contributed by atoms with Gasteiger partial charge in [-0.2, -0.15) is 0 Å². The Morgan fingerprint density at radius 1 is 1.32 bits per heavy atom. The van der Waals surface area contributed by atoms with Crippen molar-refractivity contribution < 1.29 is 14.2 Å². The molecular weight excluding hydrogens is 247 g/mol. The summed E-state index contributed by atoms with van der Waals surface area (Å²) < 4.78 is 18.1. The van der Waals surface area contributed by atoms with E-state index in [0.29, 0.717) is 18.3 Å². The first kappa shape index (κ1) is 14.2. The molecule has 1 atom stereocenters. The topological polar surface area (TPSA) is 58.7 Å². The van der Waals surface area contributed by atoms with Gasteiger partial charge in [0.25, 0.3) is 0 Å². The van der Waals surface area contributed by atoms with Crippen LogP contribution in [0.3, 0.4) is 0 Å². The standard InChI is InChI=1S/C14H21FN2O2/c15-11-1-3-14(4-2-11)19-10-13(18)9-17-7-5-12(16)6-8-17/h1-4,12-13,18H,5-10,16H2. The number of benzene rings is 1. The summed E-state index contributed by atoms with van der Waals surface area (Å²) in [6.45, 7) is 2.66. The summed E-state index contributed by atoms with van der Waals surface area (Å²) in [5, 5.41) is 9.91. The summed E-state index contributed by atoms with van der Waals surface area (Å²) >= 11 is 0. The van der Waals surface area contributed by atoms with Crippen LogP contribution in [0.4, 0.5) is 4.39 Å². The van der Waals surface area contributed by atoms with Gasteiger partial charge in [-0.1, -0.05) is 0 Å². The van der Waals surface area contributed by atoms with E-state index < -0.39 is 6.10 Å². The number of ether oxygens (including phenoxy) is 1. The molecule has 2 rings (SSSR count). The summed E-state index contributed by atoms with van der Waals surface area (Å²) in [5.41, 5.74) is 5.83. The van der Waals surface area contributed by atoms with Gasteiger partial charge in [0.05, 0.1) is 0 Å². The van der Waals surface area contributed by atoms with Gasteiger partial charge in [-0.25, -0.2) is 4.39 Å². The predicted molar refractivity (Wildman–Crippen MR) is 71.6 cm³/mol. The lowest BCUT2D eigenvalue weighted by Gasteiger charge is -2.31. The van der Waals surface area contributed by atoms with Gasteiger partial charge in [0.2, 0.25) is 0 Å². The Morgan fingerprint density at radius 3 is 2.58 bits per heavy atom. The maximum absolute atomic E-state index is 12.7. The summed E-state index contributed by atoms with van der Waals surface area (Å²) in [4.78, 5) is 2.20. The quantitative estimate of drug-likeness (QED) is 0.836. The molecule has 0 saturated carbocycles. The van der Waals surface area contributed by atoms with Gasteiger partial charge in [-0.15, -0.1) is 0 Å². The lowest BCUT2D eigenvalue weighted by atomic mass is 10.1. The van der Waals surface area contributed by atoms with Gasteiger partial charge in [0.1, 0.15) is 24.3 Å². The lowest BCUT2D eigenvalue weighted by molar-refractivity contribution is 0.0597. The highest BCUT2D eigenvalue weighted by Gasteiger charge is 2.18. The molecule has 0 bridgehead atoms. The number of aliphatic hydroxyl groups excluding tert-OH is 1. The Morgan fingerprint density at radius 2 is 1.95 bits per heavy atom. The maximum Gasteiger partial charge on any atom is 0.123 e. The van der Waals surface area contributed by atoms with E-state index in [1.165, 1.54) is 12.1 Å². The van der Waals surface area contributed by atoms with E-state index >= 15 is 0 Å². The highest BCUT2D eigenvalue weighted by molar-refractivity contribution is 5.22. The number of nitrogens with two attached hydrogens (primary N) is 1. The molecule has 1 unspecified atom stereocenters. The SMILES string of the molecule is NC1CCN(CC(O)COc2ccc(F)cc2)CC1. The van der Waals surface area contributed by atoms with Crippen LogP contribution in [-0.2, 0) is 0 Å². The second kappa shape index (κ2) is 6.84. The predicted octanol–water partition coefficient (Wildman–Crippen LogP) is 0.988. The number of likely N-dealkylation sites (tertiary alicyclic amines) is 1. The van der Waals surface area contributed by atoms with E-state index in [4.69, 9.17) is 10.5 Å². The van der Waals surface area contributed by atoms with Gasteiger partial charge < -0.3 is 20.5 Å². The third kappa shape index (κ3) is 4.78. The molecule has 106 valence electrons. The van der Waals surface area contributed by atoms with E-state index in [1.54, 1.807) is 12.1 Å². The molecule has 1 aliphatic rings. The second-order valence-corrected chi connectivity index (χ2v) is 5.06. The van der Waals surface area contributed by atoms with Crippen molar-refractivity contribution in [3.05, 3.63) is 30.1 Å². The molecule has 1 aliphatic heterocycles. The summed E-state index contributed by atoms with van der Waals surface area (Å²) in [6, 6.07) is 6.09. The first-order chi connectivity index (χ1) is 9.13. The molecule has 0 aliphatic carbocycles. The van der Waals surface area contributed by atoms with Crippen molar-refractivity contribution in [2.75, 3.05) is 26.2 Å². The Bertz CT molecular complexity index is 378. The van der Waals surface area contributed by atoms with Crippen LogP contribution >= 0.6 is 0 Å². The number of halogens is 1. The van der Waals surface area contributed by atoms with E-state index in [-0.39, 0.29) is 12.4 Å². The minimum absolute atomic E-state index is 0.216. The monoisotopic (exact) mass is 268 g/mol. The average Bonchev–Trinajstić information content (AvgIpc) is 2.41. The van der Waals surface area contributed by atoms with E-state index in [1.807, 2.05) is 0 Å². The summed E-state index contributed by atoms with van der Waals surface area (Å²) in [7, 11) is 0. The molecule has 0 radical (unpaired) electrons. The van der Waals surface area contributed by atoms with Crippen molar-refractivity contribution >= 4 is 0 Å². The molecule has 1 aromatic carbocycles. The number of nitrogens with zero attached hydrogens (tertiary/aromatic N) is 1. The molecule has 4 nitrogen and oxygen atoms in total. The van der Waals surface area contributed by atoms with Crippen LogP contribution in [0.2, 0.25) is 0 Å². The van der Waals surface area contributed by atoms with E-state index in [9.17, 15) is 9.50 Å². The Labute approximate surface area is 113 Å².